The van der Waals surface area contributed by atoms with Crippen LogP contribution >= 0.6 is 11.3 Å². The first-order chi connectivity index (χ1) is 9.72. The van der Waals surface area contributed by atoms with Gasteiger partial charge in [-0.05, 0) is 42.1 Å². The van der Waals surface area contributed by atoms with E-state index in [4.69, 9.17) is 4.74 Å². The molecule has 1 amide bonds. The van der Waals surface area contributed by atoms with E-state index >= 15 is 0 Å². The molecule has 3 nitrogen and oxygen atoms in total. The molecule has 0 spiro atoms. The van der Waals surface area contributed by atoms with E-state index in [2.05, 4.69) is 11.4 Å². The molecule has 1 aliphatic carbocycles. The molecule has 2 atom stereocenters. The monoisotopic (exact) mass is 291 g/mol. The lowest BCUT2D eigenvalue weighted by Crippen LogP contribution is -2.31. The van der Waals surface area contributed by atoms with Gasteiger partial charge in [0.2, 0.25) is 0 Å². The number of amides is 1. The molecule has 1 heterocycles. The average Bonchev–Trinajstić information content (AvgIpc) is 3.00. The summed E-state index contributed by atoms with van der Waals surface area (Å²) >= 11 is 1.72. The van der Waals surface area contributed by atoms with Gasteiger partial charge < -0.3 is 10.1 Å². The first-order valence-electron chi connectivity index (χ1n) is 6.43. The number of thiophene rings is 1. The zero-order valence-corrected chi connectivity index (χ0v) is 11.5. The van der Waals surface area contributed by atoms with Crippen molar-refractivity contribution in [3.05, 3.63) is 52.5 Å². The summed E-state index contributed by atoms with van der Waals surface area (Å²) in [5.74, 6) is 0.480. The number of halogens is 1. The predicted molar refractivity (Wildman–Crippen MR) is 75.5 cm³/mol. The Bertz CT molecular complexity index is 582. The summed E-state index contributed by atoms with van der Waals surface area (Å²) in [7, 11) is 0. The number of carbonyl (C=O) groups excluding carboxylic acids is 1. The summed E-state index contributed by atoms with van der Waals surface area (Å²) in [6.45, 7) is -0.0424. The molecule has 5 heteroatoms. The maximum atomic E-state index is 12.7. The second-order valence-electron chi connectivity index (χ2n) is 4.77. The molecule has 2 aromatic rings. The number of rotatable bonds is 5. The molecular weight excluding hydrogens is 277 g/mol. The van der Waals surface area contributed by atoms with Crippen molar-refractivity contribution in [1.29, 1.82) is 0 Å². The van der Waals surface area contributed by atoms with Crippen LogP contribution in [-0.2, 0) is 4.79 Å². The van der Waals surface area contributed by atoms with E-state index in [1.165, 1.54) is 29.1 Å². The number of nitrogens with one attached hydrogen (secondary N) is 1. The highest BCUT2D eigenvalue weighted by Crippen LogP contribution is 2.42. The van der Waals surface area contributed by atoms with Crippen molar-refractivity contribution in [3.8, 4) is 5.75 Å². The zero-order chi connectivity index (χ0) is 13.9. The van der Waals surface area contributed by atoms with Gasteiger partial charge in [-0.3, -0.25) is 4.79 Å². The molecule has 1 aromatic heterocycles. The Kier molecular flexibility index (Phi) is 3.69. The van der Waals surface area contributed by atoms with E-state index in [9.17, 15) is 9.18 Å². The van der Waals surface area contributed by atoms with Gasteiger partial charge >= 0.3 is 0 Å². The fourth-order valence-corrected chi connectivity index (χ4v) is 3.01. The van der Waals surface area contributed by atoms with E-state index in [-0.39, 0.29) is 24.4 Å². The Morgan fingerprint density at radius 3 is 2.85 bits per heavy atom. The number of carbonyl (C=O) groups is 1. The summed E-state index contributed by atoms with van der Waals surface area (Å²) in [6, 6.07) is 9.97. The molecule has 104 valence electrons. The predicted octanol–water partition coefficient (Wildman–Crippen LogP) is 2.94. The third kappa shape index (κ3) is 3.17. The van der Waals surface area contributed by atoms with E-state index < -0.39 is 0 Å². The quantitative estimate of drug-likeness (QED) is 0.920. The molecule has 1 saturated carbocycles. The van der Waals surface area contributed by atoms with Crippen molar-refractivity contribution in [2.24, 2.45) is 0 Å². The molecule has 0 radical (unpaired) electrons. The number of benzene rings is 1. The van der Waals surface area contributed by atoms with Crippen molar-refractivity contribution in [2.45, 2.75) is 18.4 Å². The van der Waals surface area contributed by atoms with Crippen LogP contribution in [0, 0.1) is 5.82 Å². The average molecular weight is 291 g/mol. The third-order valence-corrected chi connectivity index (χ3v) is 4.23. The number of hydrogen-bond donors (Lipinski definition) is 1. The van der Waals surface area contributed by atoms with Crippen molar-refractivity contribution >= 4 is 17.2 Å². The fourth-order valence-electron chi connectivity index (χ4n) is 2.10. The maximum absolute atomic E-state index is 12.7. The highest BCUT2D eigenvalue weighted by molar-refractivity contribution is 7.10. The van der Waals surface area contributed by atoms with E-state index in [0.717, 1.165) is 6.42 Å². The molecule has 1 aromatic carbocycles. The summed E-state index contributed by atoms with van der Waals surface area (Å²) < 4.78 is 18.0. The molecule has 0 saturated heterocycles. The van der Waals surface area contributed by atoms with Gasteiger partial charge in [0.15, 0.2) is 6.61 Å². The Balaban J connectivity index is 1.43. The van der Waals surface area contributed by atoms with Crippen molar-refractivity contribution in [3.63, 3.8) is 0 Å². The van der Waals surface area contributed by atoms with Crippen LogP contribution in [0.5, 0.6) is 5.75 Å². The molecule has 1 fully saturated rings. The van der Waals surface area contributed by atoms with Gasteiger partial charge in [0.05, 0.1) is 0 Å². The van der Waals surface area contributed by atoms with Gasteiger partial charge in [-0.2, -0.15) is 0 Å². The zero-order valence-electron chi connectivity index (χ0n) is 10.7. The highest BCUT2D eigenvalue weighted by atomic mass is 32.1. The Morgan fingerprint density at radius 1 is 1.35 bits per heavy atom. The van der Waals surface area contributed by atoms with Gasteiger partial charge in [0, 0.05) is 16.8 Å². The standard InChI is InChI=1S/C15H14FNO2S/c16-10-3-5-11(6-4-10)19-9-15(18)17-13-8-12(13)14-2-1-7-20-14/h1-7,12-13H,8-9H2,(H,17,18). The SMILES string of the molecule is O=C(COc1ccc(F)cc1)NC1CC1c1cccs1. The van der Waals surface area contributed by atoms with Gasteiger partial charge in [-0.15, -0.1) is 11.3 Å². The normalized spacial score (nSPS) is 20.4. The summed E-state index contributed by atoms with van der Waals surface area (Å²) in [4.78, 5) is 13.1. The van der Waals surface area contributed by atoms with E-state index in [1.54, 1.807) is 11.3 Å². The Morgan fingerprint density at radius 2 is 2.15 bits per heavy atom. The smallest absolute Gasteiger partial charge is 0.258 e. The van der Waals surface area contributed by atoms with Crippen molar-refractivity contribution in [1.82, 2.24) is 5.32 Å². The Labute approximate surface area is 120 Å². The van der Waals surface area contributed by atoms with Crippen LogP contribution in [0.15, 0.2) is 41.8 Å². The molecule has 2 unspecified atom stereocenters. The summed E-state index contributed by atoms with van der Waals surface area (Å²) in [6.07, 6.45) is 0.989. The number of hydrogen-bond acceptors (Lipinski definition) is 3. The van der Waals surface area contributed by atoms with Crippen LogP contribution in [0.25, 0.3) is 0 Å². The first kappa shape index (κ1) is 13.1. The van der Waals surface area contributed by atoms with Crippen LogP contribution in [0.3, 0.4) is 0 Å². The maximum Gasteiger partial charge on any atom is 0.258 e. The van der Waals surface area contributed by atoms with Crippen molar-refractivity contribution < 1.29 is 13.9 Å². The lowest BCUT2D eigenvalue weighted by Gasteiger charge is -2.07. The summed E-state index contributed by atoms with van der Waals surface area (Å²) in [5, 5.41) is 4.99. The Hall–Kier alpha value is -1.88. The fraction of sp³-hybridized carbons (Fsp3) is 0.267. The van der Waals surface area contributed by atoms with Gasteiger partial charge in [0.1, 0.15) is 11.6 Å². The first-order valence-corrected chi connectivity index (χ1v) is 7.31. The molecule has 3 rings (SSSR count). The second kappa shape index (κ2) is 5.63. The lowest BCUT2D eigenvalue weighted by atomic mass is 10.3. The van der Waals surface area contributed by atoms with Crippen LogP contribution in [0.1, 0.15) is 17.2 Å². The van der Waals surface area contributed by atoms with E-state index in [0.29, 0.717) is 11.7 Å². The molecular formula is C15H14FNO2S. The van der Waals surface area contributed by atoms with Crippen LogP contribution in [-0.4, -0.2) is 18.6 Å². The molecule has 1 N–H and O–H groups in total. The van der Waals surface area contributed by atoms with Crippen molar-refractivity contribution in [2.75, 3.05) is 6.61 Å². The third-order valence-electron chi connectivity index (χ3n) is 3.23. The van der Waals surface area contributed by atoms with Crippen LogP contribution in [0.4, 0.5) is 4.39 Å². The minimum atomic E-state index is -0.321. The van der Waals surface area contributed by atoms with Gasteiger partial charge in [0.25, 0.3) is 5.91 Å². The summed E-state index contributed by atoms with van der Waals surface area (Å²) in [5.41, 5.74) is 0. The molecule has 20 heavy (non-hydrogen) atoms. The van der Waals surface area contributed by atoms with Crippen LogP contribution in [0.2, 0.25) is 0 Å². The van der Waals surface area contributed by atoms with Crippen LogP contribution < -0.4 is 10.1 Å². The minimum absolute atomic E-state index is 0.0424. The van der Waals surface area contributed by atoms with Gasteiger partial charge in [-0.25, -0.2) is 4.39 Å². The van der Waals surface area contributed by atoms with E-state index in [1.807, 2.05) is 11.4 Å². The minimum Gasteiger partial charge on any atom is -0.484 e. The van der Waals surface area contributed by atoms with Gasteiger partial charge in [-0.1, -0.05) is 6.07 Å². The largest absolute Gasteiger partial charge is 0.484 e. The molecule has 0 bridgehead atoms. The molecule has 0 aliphatic heterocycles. The number of ether oxygens (including phenoxy) is 1. The topological polar surface area (TPSA) is 38.3 Å². The highest BCUT2D eigenvalue weighted by Gasteiger charge is 2.40. The second-order valence-corrected chi connectivity index (χ2v) is 5.75. The lowest BCUT2D eigenvalue weighted by molar-refractivity contribution is -0.123. The molecule has 1 aliphatic rings.